The van der Waals surface area contributed by atoms with E-state index >= 15 is 0 Å². The predicted octanol–water partition coefficient (Wildman–Crippen LogP) is 3.11. The number of halogens is 2. The van der Waals surface area contributed by atoms with Crippen molar-refractivity contribution in [3.8, 4) is 11.4 Å². The number of nitrogens with one attached hydrogen (secondary N) is 2. The van der Waals surface area contributed by atoms with Crippen molar-refractivity contribution in [3.05, 3.63) is 53.1 Å². The van der Waals surface area contributed by atoms with Gasteiger partial charge in [0.15, 0.2) is 11.6 Å². The zero-order valence-corrected chi connectivity index (χ0v) is 10.5. The highest BCUT2D eigenvalue weighted by molar-refractivity contribution is 5.80. The van der Waals surface area contributed by atoms with Crippen molar-refractivity contribution >= 4 is 11.0 Å². The van der Waals surface area contributed by atoms with Gasteiger partial charge in [-0.05, 0) is 29.3 Å². The highest BCUT2D eigenvalue weighted by Crippen LogP contribution is 2.26. The number of hydrogen-bond acceptors (Lipinski definition) is 2. The third-order valence-corrected chi connectivity index (χ3v) is 3.66. The molecule has 3 aromatic rings. The molecule has 0 saturated heterocycles. The van der Waals surface area contributed by atoms with E-state index in [1.165, 1.54) is 17.2 Å². The number of aromatic amines is 1. The molecule has 0 spiro atoms. The number of benzene rings is 2. The number of rotatable bonds is 1. The lowest BCUT2D eigenvalue weighted by Gasteiger charge is -2.01. The second kappa shape index (κ2) is 4.11. The molecule has 5 heteroatoms. The average molecular weight is 271 g/mol. The van der Waals surface area contributed by atoms with E-state index in [-0.39, 0.29) is 5.52 Å². The van der Waals surface area contributed by atoms with Crippen molar-refractivity contribution in [3.63, 3.8) is 0 Å². The number of imidazole rings is 1. The number of fused-ring (bicyclic) bond motifs is 2. The summed E-state index contributed by atoms with van der Waals surface area (Å²) in [4.78, 5) is 7.21. The van der Waals surface area contributed by atoms with E-state index in [2.05, 4.69) is 15.3 Å². The summed E-state index contributed by atoms with van der Waals surface area (Å²) in [5, 5.41) is 3.27. The van der Waals surface area contributed by atoms with Gasteiger partial charge in [-0.25, -0.2) is 13.8 Å². The summed E-state index contributed by atoms with van der Waals surface area (Å²) in [6.45, 7) is 1.70. The molecule has 2 aromatic carbocycles. The minimum absolute atomic E-state index is 0.0404. The van der Waals surface area contributed by atoms with Crippen LogP contribution in [0.2, 0.25) is 0 Å². The second-order valence-corrected chi connectivity index (χ2v) is 4.93. The predicted molar refractivity (Wildman–Crippen MR) is 72.0 cm³/mol. The Balaban J connectivity index is 1.88. The molecule has 1 aliphatic rings. The van der Waals surface area contributed by atoms with Crippen molar-refractivity contribution in [1.82, 2.24) is 15.3 Å². The molecule has 2 heterocycles. The van der Waals surface area contributed by atoms with Crippen LogP contribution in [0.3, 0.4) is 0 Å². The van der Waals surface area contributed by atoms with Crippen LogP contribution >= 0.6 is 0 Å². The smallest absolute Gasteiger partial charge is 0.186 e. The van der Waals surface area contributed by atoms with Crippen molar-refractivity contribution in [2.24, 2.45) is 0 Å². The van der Waals surface area contributed by atoms with Crippen LogP contribution in [0.25, 0.3) is 22.4 Å². The topological polar surface area (TPSA) is 40.7 Å². The van der Waals surface area contributed by atoms with Gasteiger partial charge < -0.3 is 10.3 Å². The van der Waals surface area contributed by atoms with Crippen LogP contribution in [0.4, 0.5) is 8.78 Å². The van der Waals surface area contributed by atoms with E-state index in [4.69, 9.17) is 0 Å². The van der Waals surface area contributed by atoms with Gasteiger partial charge in [-0.3, -0.25) is 0 Å². The molecule has 0 bridgehead atoms. The molecule has 0 aliphatic carbocycles. The number of H-pyrrole nitrogens is 1. The van der Waals surface area contributed by atoms with Crippen LogP contribution in [0, 0.1) is 11.6 Å². The fourth-order valence-corrected chi connectivity index (χ4v) is 2.60. The molecule has 0 amide bonds. The quantitative estimate of drug-likeness (QED) is 0.714. The molecule has 4 rings (SSSR count). The molecule has 0 saturated carbocycles. The molecular weight excluding hydrogens is 260 g/mol. The maximum absolute atomic E-state index is 13.7. The van der Waals surface area contributed by atoms with Gasteiger partial charge >= 0.3 is 0 Å². The Labute approximate surface area is 113 Å². The summed E-state index contributed by atoms with van der Waals surface area (Å²) in [6.07, 6.45) is 0. The summed E-state index contributed by atoms with van der Waals surface area (Å²) in [6, 6.07) is 8.61. The maximum atomic E-state index is 13.7. The average Bonchev–Trinajstić information content (AvgIpc) is 3.08. The molecule has 3 nitrogen and oxygen atoms in total. The van der Waals surface area contributed by atoms with E-state index in [0.29, 0.717) is 11.3 Å². The van der Waals surface area contributed by atoms with Gasteiger partial charge in [0.1, 0.15) is 11.3 Å². The van der Waals surface area contributed by atoms with Crippen LogP contribution < -0.4 is 5.32 Å². The van der Waals surface area contributed by atoms with Gasteiger partial charge in [0.2, 0.25) is 0 Å². The van der Waals surface area contributed by atoms with Gasteiger partial charge in [0.25, 0.3) is 0 Å². The lowest BCUT2D eigenvalue weighted by atomic mass is 10.1. The fraction of sp³-hybridized carbons (Fsp3) is 0.133. The van der Waals surface area contributed by atoms with Gasteiger partial charge in [0.05, 0.1) is 5.52 Å². The molecule has 100 valence electrons. The molecule has 2 N–H and O–H groups in total. The molecule has 0 unspecified atom stereocenters. The van der Waals surface area contributed by atoms with Crippen LogP contribution in [0.5, 0.6) is 0 Å². The Kier molecular flexibility index (Phi) is 2.37. The molecule has 0 atom stereocenters. The third kappa shape index (κ3) is 1.63. The van der Waals surface area contributed by atoms with Crippen molar-refractivity contribution in [2.75, 3.05) is 0 Å². The first kappa shape index (κ1) is 11.5. The first-order chi connectivity index (χ1) is 9.72. The fourth-order valence-electron chi connectivity index (χ4n) is 2.60. The maximum Gasteiger partial charge on any atom is 0.186 e. The summed E-state index contributed by atoms with van der Waals surface area (Å²) in [7, 11) is 0. The molecule has 1 aliphatic heterocycles. The Morgan fingerprint density at radius 1 is 1.00 bits per heavy atom. The highest BCUT2D eigenvalue weighted by atomic mass is 19.2. The molecule has 1 aromatic heterocycles. The number of aromatic nitrogens is 2. The lowest BCUT2D eigenvalue weighted by Crippen LogP contribution is -1.99. The standard InChI is InChI=1S/C15H11F2N3/c16-11-3-4-12-14(13(11)17)20-15(19-12)8-1-2-9-6-18-7-10(9)5-8/h1-5,18H,6-7H2,(H,19,20). The summed E-state index contributed by atoms with van der Waals surface area (Å²) in [5.74, 6) is -1.24. The molecular formula is C15H11F2N3. The van der Waals surface area contributed by atoms with Gasteiger partial charge in [-0.2, -0.15) is 0 Å². The summed E-state index contributed by atoms with van der Waals surface area (Å²) in [5.41, 5.74) is 3.90. The van der Waals surface area contributed by atoms with E-state index in [9.17, 15) is 8.78 Å². The Bertz CT molecular complexity index is 823. The van der Waals surface area contributed by atoms with Gasteiger partial charge in [0, 0.05) is 18.7 Å². The van der Waals surface area contributed by atoms with Crippen LogP contribution in [-0.4, -0.2) is 9.97 Å². The summed E-state index contributed by atoms with van der Waals surface area (Å²) < 4.78 is 26.9. The van der Waals surface area contributed by atoms with Gasteiger partial charge in [-0.1, -0.05) is 12.1 Å². The monoisotopic (exact) mass is 271 g/mol. The Morgan fingerprint density at radius 2 is 1.85 bits per heavy atom. The Morgan fingerprint density at radius 3 is 2.75 bits per heavy atom. The van der Waals surface area contributed by atoms with Crippen molar-refractivity contribution in [2.45, 2.75) is 13.1 Å². The SMILES string of the molecule is Fc1ccc2[nH]c(-c3ccc4c(c3)CNC4)nc2c1F. The zero-order valence-electron chi connectivity index (χ0n) is 10.5. The van der Waals surface area contributed by atoms with E-state index in [1.807, 2.05) is 18.2 Å². The molecule has 0 fully saturated rings. The van der Waals surface area contributed by atoms with E-state index < -0.39 is 11.6 Å². The normalized spacial score (nSPS) is 13.9. The minimum atomic E-state index is -0.909. The number of hydrogen-bond donors (Lipinski definition) is 2. The first-order valence-electron chi connectivity index (χ1n) is 6.39. The highest BCUT2D eigenvalue weighted by Gasteiger charge is 2.15. The molecule has 0 radical (unpaired) electrons. The van der Waals surface area contributed by atoms with Crippen LogP contribution in [0.15, 0.2) is 30.3 Å². The zero-order chi connectivity index (χ0) is 13.7. The second-order valence-electron chi connectivity index (χ2n) is 4.93. The van der Waals surface area contributed by atoms with Crippen LogP contribution in [-0.2, 0) is 13.1 Å². The minimum Gasteiger partial charge on any atom is -0.338 e. The van der Waals surface area contributed by atoms with Gasteiger partial charge in [-0.15, -0.1) is 0 Å². The Hall–Kier alpha value is -2.27. The van der Waals surface area contributed by atoms with Crippen molar-refractivity contribution in [1.29, 1.82) is 0 Å². The summed E-state index contributed by atoms with van der Waals surface area (Å²) >= 11 is 0. The first-order valence-corrected chi connectivity index (χ1v) is 6.39. The van der Waals surface area contributed by atoms with E-state index in [0.717, 1.165) is 24.7 Å². The third-order valence-electron chi connectivity index (χ3n) is 3.66. The van der Waals surface area contributed by atoms with E-state index in [1.54, 1.807) is 0 Å². The number of nitrogens with zero attached hydrogens (tertiary/aromatic N) is 1. The van der Waals surface area contributed by atoms with Crippen LogP contribution in [0.1, 0.15) is 11.1 Å². The largest absolute Gasteiger partial charge is 0.338 e. The lowest BCUT2D eigenvalue weighted by molar-refractivity contribution is 0.515. The van der Waals surface area contributed by atoms with Crippen molar-refractivity contribution < 1.29 is 8.78 Å². The molecule has 20 heavy (non-hydrogen) atoms.